The number of methoxy groups -OCH3 is 3. The molecule has 2 aromatic rings. The fraction of sp³-hybridized carbons (Fsp3) is 0.400. The van der Waals surface area contributed by atoms with E-state index in [-0.39, 0.29) is 11.8 Å². The van der Waals surface area contributed by atoms with Crippen molar-refractivity contribution < 1.29 is 28.6 Å². The minimum atomic E-state index is -0.824. The van der Waals surface area contributed by atoms with Gasteiger partial charge in [0.25, 0.3) is 5.91 Å². The Labute approximate surface area is 193 Å². The molecule has 1 saturated heterocycles. The van der Waals surface area contributed by atoms with Gasteiger partial charge in [-0.15, -0.1) is 0 Å². The van der Waals surface area contributed by atoms with Crippen molar-refractivity contribution in [2.45, 2.75) is 37.6 Å². The highest BCUT2D eigenvalue weighted by molar-refractivity contribution is 5.98. The first-order valence-electron chi connectivity index (χ1n) is 10.9. The zero-order valence-corrected chi connectivity index (χ0v) is 19.2. The molecule has 0 saturated carbocycles. The van der Waals surface area contributed by atoms with E-state index in [4.69, 9.17) is 14.2 Å². The largest absolute Gasteiger partial charge is 0.467 e. The third kappa shape index (κ3) is 5.97. The molecule has 8 heteroatoms. The second-order valence-corrected chi connectivity index (χ2v) is 7.85. The first kappa shape index (κ1) is 24.4. The van der Waals surface area contributed by atoms with Gasteiger partial charge in [-0.3, -0.25) is 9.59 Å². The van der Waals surface area contributed by atoms with Gasteiger partial charge in [0.15, 0.2) is 6.29 Å². The molecular weight excluding hydrogens is 424 g/mol. The normalized spacial score (nSPS) is 16.5. The number of carbonyl (C=O) groups excluding carboxylic acids is 3. The summed E-state index contributed by atoms with van der Waals surface area (Å²) >= 11 is 0. The maximum atomic E-state index is 13.4. The van der Waals surface area contributed by atoms with E-state index in [2.05, 4.69) is 5.32 Å². The van der Waals surface area contributed by atoms with Gasteiger partial charge in [-0.2, -0.15) is 0 Å². The molecule has 0 radical (unpaired) electrons. The van der Waals surface area contributed by atoms with Crippen molar-refractivity contribution in [1.82, 2.24) is 10.2 Å². The number of rotatable bonds is 9. The molecule has 0 unspecified atom stereocenters. The highest BCUT2D eigenvalue weighted by Gasteiger charge is 2.38. The molecule has 1 fully saturated rings. The van der Waals surface area contributed by atoms with Gasteiger partial charge in [0.05, 0.1) is 7.11 Å². The average molecular weight is 455 g/mol. The second kappa shape index (κ2) is 11.6. The molecule has 1 N–H and O–H groups in total. The van der Waals surface area contributed by atoms with Crippen LogP contribution >= 0.6 is 0 Å². The molecule has 8 nitrogen and oxygen atoms in total. The van der Waals surface area contributed by atoms with Crippen LogP contribution in [-0.4, -0.2) is 62.6 Å². The summed E-state index contributed by atoms with van der Waals surface area (Å²) in [6.45, 7) is 0.448. The molecule has 0 aromatic heterocycles. The SMILES string of the molecule is COC(=O)[C@@H]1CCCN1C(=O)[C@H](Cc1ccccc1)NC(=O)c1ccc(C(OC)OC)cc1. The Hall–Kier alpha value is -3.23. The van der Waals surface area contributed by atoms with Crippen LogP contribution in [0.2, 0.25) is 0 Å². The summed E-state index contributed by atoms with van der Waals surface area (Å²) in [7, 11) is 4.39. The minimum absolute atomic E-state index is 0.296. The number of carbonyl (C=O) groups is 3. The van der Waals surface area contributed by atoms with Crippen molar-refractivity contribution in [2.75, 3.05) is 27.9 Å². The molecule has 1 aliphatic heterocycles. The molecule has 1 aliphatic rings. The third-order valence-electron chi connectivity index (χ3n) is 5.77. The average Bonchev–Trinajstić information content (AvgIpc) is 3.34. The lowest BCUT2D eigenvalue weighted by molar-refractivity contribution is -0.151. The number of esters is 1. The lowest BCUT2D eigenvalue weighted by Gasteiger charge is -2.28. The van der Waals surface area contributed by atoms with Crippen LogP contribution in [0.4, 0.5) is 0 Å². The number of hydrogen-bond donors (Lipinski definition) is 1. The summed E-state index contributed by atoms with van der Waals surface area (Å²) in [5, 5.41) is 2.87. The number of likely N-dealkylation sites (tertiary alicyclic amines) is 1. The standard InChI is InChI=1S/C25H30N2O6/c1-31-24(30)21-10-7-15-27(21)23(29)20(16-17-8-5-4-6-9-17)26-22(28)18-11-13-19(14-12-18)25(32-2)33-3/h4-6,8-9,11-14,20-21,25H,7,10,15-16H2,1-3H3,(H,26,28)/t20-,21-/m0/s1. The van der Waals surface area contributed by atoms with Crippen LogP contribution < -0.4 is 5.32 Å². The fourth-order valence-corrected chi connectivity index (χ4v) is 4.06. The Bertz CT molecular complexity index is 943. The molecule has 2 atom stereocenters. The summed E-state index contributed by atoms with van der Waals surface area (Å²) in [6, 6.07) is 14.8. The Morgan fingerprint density at radius 1 is 1.00 bits per heavy atom. The van der Waals surface area contributed by atoms with Crippen molar-refractivity contribution >= 4 is 17.8 Å². The van der Waals surface area contributed by atoms with Gasteiger partial charge in [0.2, 0.25) is 5.91 Å². The van der Waals surface area contributed by atoms with Crippen LogP contribution in [0.3, 0.4) is 0 Å². The maximum Gasteiger partial charge on any atom is 0.328 e. The van der Waals surface area contributed by atoms with E-state index in [0.717, 1.165) is 11.1 Å². The number of nitrogens with one attached hydrogen (secondary N) is 1. The first-order chi connectivity index (χ1) is 16.0. The predicted molar refractivity (Wildman–Crippen MR) is 121 cm³/mol. The monoisotopic (exact) mass is 454 g/mol. The fourth-order valence-electron chi connectivity index (χ4n) is 4.06. The van der Waals surface area contributed by atoms with Gasteiger partial charge in [-0.25, -0.2) is 4.79 Å². The summed E-state index contributed by atoms with van der Waals surface area (Å²) < 4.78 is 15.3. The zero-order valence-electron chi connectivity index (χ0n) is 19.2. The van der Waals surface area contributed by atoms with Gasteiger partial charge in [-0.1, -0.05) is 42.5 Å². The zero-order chi connectivity index (χ0) is 23.8. The molecule has 33 heavy (non-hydrogen) atoms. The highest BCUT2D eigenvalue weighted by atomic mass is 16.7. The number of benzene rings is 2. The highest BCUT2D eigenvalue weighted by Crippen LogP contribution is 2.21. The number of hydrogen-bond acceptors (Lipinski definition) is 6. The van der Waals surface area contributed by atoms with Crippen molar-refractivity contribution in [3.63, 3.8) is 0 Å². The molecule has 3 rings (SSSR count). The summed E-state index contributed by atoms with van der Waals surface area (Å²) in [5.74, 6) is -1.11. The van der Waals surface area contributed by atoms with Crippen LogP contribution in [-0.2, 0) is 30.2 Å². The molecule has 1 heterocycles. The topological polar surface area (TPSA) is 94.2 Å². The van der Waals surface area contributed by atoms with E-state index < -0.39 is 24.3 Å². The van der Waals surface area contributed by atoms with Gasteiger partial charge in [0.1, 0.15) is 12.1 Å². The van der Waals surface area contributed by atoms with Gasteiger partial charge in [-0.05, 0) is 30.5 Å². The Morgan fingerprint density at radius 3 is 2.27 bits per heavy atom. The van der Waals surface area contributed by atoms with E-state index in [1.54, 1.807) is 24.3 Å². The lowest BCUT2D eigenvalue weighted by Crippen LogP contribution is -2.52. The third-order valence-corrected chi connectivity index (χ3v) is 5.77. The van der Waals surface area contributed by atoms with E-state index in [1.807, 2.05) is 30.3 Å². The summed E-state index contributed by atoms with van der Waals surface area (Å²) in [6.07, 6.45) is 1.04. The van der Waals surface area contributed by atoms with E-state index >= 15 is 0 Å². The molecular formula is C25H30N2O6. The van der Waals surface area contributed by atoms with Crippen molar-refractivity contribution in [3.05, 3.63) is 71.3 Å². The maximum absolute atomic E-state index is 13.4. The Balaban J connectivity index is 1.80. The summed E-state index contributed by atoms with van der Waals surface area (Å²) in [4.78, 5) is 40.1. The minimum Gasteiger partial charge on any atom is -0.467 e. The van der Waals surface area contributed by atoms with Gasteiger partial charge in [0, 0.05) is 38.3 Å². The van der Waals surface area contributed by atoms with E-state index in [9.17, 15) is 14.4 Å². The van der Waals surface area contributed by atoms with E-state index in [1.165, 1.54) is 26.2 Å². The quantitative estimate of drug-likeness (QED) is 0.462. The molecule has 2 amide bonds. The number of amides is 2. The van der Waals surface area contributed by atoms with Crippen LogP contribution in [0.5, 0.6) is 0 Å². The van der Waals surface area contributed by atoms with Crippen LogP contribution in [0.25, 0.3) is 0 Å². The smallest absolute Gasteiger partial charge is 0.328 e. The summed E-state index contributed by atoms with van der Waals surface area (Å²) in [5.41, 5.74) is 2.08. The van der Waals surface area contributed by atoms with Crippen LogP contribution in [0.1, 0.15) is 40.6 Å². The molecule has 0 aliphatic carbocycles. The molecule has 2 aromatic carbocycles. The Kier molecular flexibility index (Phi) is 8.57. The van der Waals surface area contributed by atoms with Crippen molar-refractivity contribution in [1.29, 1.82) is 0 Å². The van der Waals surface area contributed by atoms with Crippen LogP contribution in [0, 0.1) is 0 Å². The second-order valence-electron chi connectivity index (χ2n) is 7.85. The molecule has 0 bridgehead atoms. The van der Waals surface area contributed by atoms with Gasteiger partial charge < -0.3 is 24.4 Å². The van der Waals surface area contributed by atoms with Crippen LogP contribution in [0.15, 0.2) is 54.6 Å². The number of nitrogens with zero attached hydrogens (tertiary/aromatic N) is 1. The first-order valence-corrected chi connectivity index (χ1v) is 10.9. The van der Waals surface area contributed by atoms with E-state index in [0.29, 0.717) is 31.4 Å². The van der Waals surface area contributed by atoms with Crippen molar-refractivity contribution in [2.24, 2.45) is 0 Å². The van der Waals surface area contributed by atoms with Crippen molar-refractivity contribution in [3.8, 4) is 0 Å². The molecule has 0 spiro atoms. The Morgan fingerprint density at radius 2 is 1.67 bits per heavy atom. The number of ether oxygens (including phenoxy) is 3. The van der Waals surface area contributed by atoms with Gasteiger partial charge >= 0.3 is 5.97 Å². The molecule has 176 valence electrons. The lowest BCUT2D eigenvalue weighted by atomic mass is 10.0. The predicted octanol–water partition coefficient (Wildman–Crippen LogP) is 2.48.